The van der Waals surface area contributed by atoms with Crippen LogP contribution in [0.15, 0.2) is 22.0 Å². The third kappa shape index (κ3) is 2.86. The molecule has 9 heteroatoms. The van der Waals surface area contributed by atoms with E-state index in [0.717, 1.165) is 12.2 Å². The van der Waals surface area contributed by atoms with E-state index in [1.165, 1.54) is 0 Å². The molecule has 0 saturated carbocycles. The van der Waals surface area contributed by atoms with Gasteiger partial charge in [-0.2, -0.15) is 16.8 Å². The van der Waals surface area contributed by atoms with Crippen LogP contribution in [0.5, 0.6) is 0 Å². The second-order valence-electron chi connectivity index (χ2n) is 2.96. The molecule has 0 heterocycles. The lowest BCUT2D eigenvalue weighted by Crippen LogP contribution is -2.30. The molecular formula is C6H9NO6S2. The SMILES string of the molecule is NC1CC(S(=O)(=O)O)=CC=C1S(=O)(=O)O. The van der Waals surface area contributed by atoms with E-state index in [1.807, 2.05) is 0 Å². The van der Waals surface area contributed by atoms with Crippen LogP contribution in [0.25, 0.3) is 0 Å². The van der Waals surface area contributed by atoms with Gasteiger partial charge < -0.3 is 5.73 Å². The number of hydrogen-bond acceptors (Lipinski definition) is 5. The number of allylic oxidation sites excluding steroid dienone is 2. The summed E-state index contributed by atoms with van der Waals surface area (Å²) in [6.07, 6.45) is 1.37. The Morgan fingerprint density at radius 2 is 1.67 bits per heavy atom. The Labute approximate surface area is 86.8 Å². The Morgan fingerprint density at radius 3 is 2.00 bits per heavy atom. The molecule has 0 bridgehead atoms. The minimum Gasteiger partial charge on any atom is -0.323 e. The Morgan fingerprint density at radius 1 is 1.13 bits per heavy atom. The van der Waals surface area contributed by atoms with Crippen LogP contribution in [-0.2, 0) is 20.2 Å². The van der Waals surface area contributed by atoms with Gasteiger partial charge in [-0.25, -0.2) is 0 Å². The molecule has 4 N–H and O–H groups in total. The average Bonchev–Trinajstić information content (AvgIpc) is 1.99. The molecule has 0 aliphatic heterocycles. The van der Waals surface area contributed by atoms with Crippen LogP contribution < -0.4 is 5.73 Å². The van der Waals surface area contributed by atoms with Crippen LogP contribution in [-0.4, -0.2) is 32.0 Å². The Hall–Kier alpha value is -0.740. The highest BCUT2D eigenvalue weighted by molar-refractivity contribution is 7.90. The molecule has 0 aromatic carbocycles. The maximum absolute atomic E-state index is 10.7. The van der Waals surface area contributed by atoms with E-state index >= 15 is 0 Å². The van der Waals surface area contributed by atoms with Gasteiger partial charge in [0, 0.05) is 12.5 Å². The summed E-state index contributed by atoms with van der Waals surface area (Å²) in [4.78, 5) is -0.864. The number of nitrogens with two attached hydrogens (primary N) is 1. The number of hydrogen-bond donors (Lipinski definition) is 3. The van der Waals surface area contributed by atoms with Gasteiger partial charge in [-0.1, -0.05) is 0 Å². The fourth-order valence-corrected chi connectivity index (χ4v) is 2.49. The molecule has 86 valence electrons. The molecule has 1 unspecified atom stereocenters. The zero-order chi connectivity index (χ0) is 11.9. The van der Waals surface area contributed by atoms with Gasteiger partial charge in [-0.05, 0) is 12.2 Å². The first-order chi connectivity index (χ1) is 6.62. The summed E-state index contributed by atoms with van der Waals surface area (Å²) in [5.74, 6) is 0. The van der Waals surface area contributed by atoms with Crippen molar-refractivity contribution in [3.05, 3.63) is 22.0 Å². The summed E-state index contributed by atoms with van der Waals surface area (Å²) in [6, 6.07) is -1.18. The minimum atomic E-state index is -4.43. The van der Waals surface area contributed by atoms with Crippen LogP contribution in [0.4, 0.5) is 0 Å². The molecular weight excluding hydrogens is 246 g/mol. The first-order valence-electron chi connectivity index (χ1n) is 3.73. The standard InChI is InChI=1S/C6H9NO6S2/c7-5-3-4(14(8,9)10)1-2-6(5)15(11,12)13/h1-2,5H,3,7H2,(H,8,9,10)(H,11,12,13). The van der Waals surface area contributed by atoms with Crippen molar-refractivity contribution in [2.24, 2.45) is 5.73 Å². The second kappa shape index (κ2) is 3.68. The van der Waals surface area contributed by atoms with Crippen LogP contribution >= 0.6 is 0 Å². The van der Waals surface area contributed by atoms with E-state index < -0.39 is 31.2 Å². The summed E-state index contributed by atoms with van der Waals surface area (Å²) in [7, 11) is -8.80. The van der Waals surface area contributed by atoms with Gasteiger partial charge in [0.1, 0.15) is 0 Å². The van der Waals surface area contributed by atoms with Gasteiger partial charge >= 0.3 is 0 Å². The van der Waals surface area contributed by atoms with Crippen LogP contribution in [0.3, 0.4) is 0 Å². The molecule has 0 fully saturated rings. The van der Waals surface area contributed by atoms with Gasteiger partial charge in [0.25, 0.3) is 20.2 Å². The molecule has 1 rings (SSSR count). The minimum absolute atomic E-state index is 0.371. The van der Waals surface area contributed by atoms with Crippen molar-refractivity contribution in [3.8, 4) is 0 Å². The molecule has 0 aromatic heterocycles. The molecule has 0 spiro atoms. The first-order valence-corrected chi connectivity index (χ1v) is 6.61. The van der Waals surface area contributed by atoms with Crippen LogP contribution in [0.1, 0.15) is 6.42 Å². The van der Waals surface area contributed by atoms with E-state index in [4.69, 9.17) is 14.8 Å². The quantitative estimate of drug-likeness (QED) is 0.553. The molecule has 0 radical (unpaired) electrons. The average molecular weight is 255 g/mol. The van der Waals surface area contributed by atoms with Crippen molar-refractivity contribution in [1.29, 1.82) is 0 Å². The largest absolute Gasteiger partial charge is 0.323 e. The smallest absolute Gasteiger partial charge is 0.292 e. The summed E-state index contributed by atoms with van der Waals surface area (Å²) >= 11 is 0. The lowest BCUT2D eigenvalue weighted by atomic mass is 10.1. The normalized spacial score (nSPS) is 23.3. The fraction of sp³-hybridized carbons (Fsp3) is 0.333. The second-order valence-corrected chi connectivity index (χ2v) is 5.86. The molecule has 1 aliphatic carbocycles. The van der Waals surface area contributed by atoms with E-state index in [9.17, 15) is 16.8 Å². The zero-order valence-electron chi connectivity index (χ0n) is 7.36. The third-order valence-electron chi connectivity index (χ3n) is 1.85. The summed E-state index contributed by atoms with van der Waals surface area (Å²) in [5, 5.41) is 0. The van der Waals surface area contributed by atoms with Crippen molar-refractivity contribution in [2.75, 3.05) is 0 Å². The molecule has 0 aromatic rings. The van der Waals surface area contributed by atoms with Gasteiger partial charge in [0.05, 0.1) is 9.81 Å². The Kier molecular flexibility index (Phi) is 3.03. The van der Waals surface area contributed by atoms with Crippen molar-refractivity contribution in [2.45, 2.75) is 12.5 Å². The Bertz CT molecular complexity index is 526. The van der Waals surface area contributed by atoms with Crippen molar-refractivity contribution in [1.82, 2.24) is 0 Å². The van der Waals surface area contributed by atoms with E-state index in [0.29, 0.717) is 0 Å². The van der Waals surface area contributed by atoms with E-state index in [-0.39, 0.29) is 11.3 Å². The van der Waals surface area contributed by atoms with Crippen LogP contribution in [0, 0.1) is 0 Å². The topological polar surface area (TPSA) is 135 Å². The summed E-state index contributed by atoms with van der Waals surface area (Å²) < 4.78 is 60.1. The van der Waals surface area contributed by atoms with Gasteiger partial charge in [-0.3, -0.25) is 9.11 Å². The predicted molar refractivity (Wildman–Crippen MR) is 51.9 cm³/mol. The third-order valence-corrected chi connectivity index (χ3v) is 3.85. The zero-order valence-corrected chi connectivity index (χ0v) is 8.99. The number of rotatable bonds is 2. The highest BCUT2D eigenvalue weighted by Crippen LogP contribution is 2.23. The van der Waals surface area contributed by atoms with Gasteiger partial charge in [0.15, 0.2) is 0 Å². The van der Waals surface area contributed by atoms with Gasteiger partial charge in [-0.15, -0.1) is 0 Å². The molecule has 1 aliphatic rings. The van der Waals surface area contributed by atoms with Crippen LogP contribution in [0.2, 0.25) is 0 Å². The lowest BCUT2D eigenvalue weighted by Gasteiger charge is -2.17. The molecule has 0 saturated heterocycles. The van der Waals surface area contributed by atoms with E-state index in [2.05, 4.69) is 0 Å². The molecule has 7 nitrogen and oxygen atoms in total. The first kappa shape index (κ1) is 12.3. The molecule has 1 atom stereocenters. The van der Waals surface area contributed by atoms with Crippen molar-refractivity contribution >= 4 is 20.2 Å². The Balaban J connectivity index is 3.22. The van der Waals surface area contributed by atoms with Gasteiger partial charge in [0.2, 0.25) is 0 Å². The highest BCUT2D eigenvalue weighted by atomic mass is 32.2. The monoisotopic (exact) mass is 255 g/mol. The predicted octanol–water partition coefficient (Wildman–Crippen LogP) is -0.739. The molecule has 0 amide bonds. The summed E-state index contributed by atoms with van der Waals surface area (Å²) in [6.45, 7) is 0. The fourth-order valence-electron chi connectivity index (χ4n) is 1.15. The lowest BCUT2D eigenvalue weighted by molar-refractivity contribution is 0.479. The summed E-state index contributed by atoms with van der Waals surface area (Å²) in [5.41, 5.74) is 5.33. The highest BCUT2D eigenvalue weighted by Gasteiger charge is 2.28. The molecule has 15 heavy (non-hydrogen) atoms. The maximum Gasteiger partial charge on any atom is 0.292 e. The van der Waals surface area contributed by atoms with E-state index in [1.54, 1.807) is 0 Å². The maximum atomic E-state index is 10.7. The van der Waals surface area contributed by atoms with Crippen molar-refractivity contribution < 1.29 is 25.9 Å². The van der Waals surface area contributed by atoms with Crippen molar-refractivity contribution in [3.63, 3.8) is 0 Å².